The van der Waals surface area contributed by atoms with Gasteiger partial charge in [0.15, 0.2) is 6.61 Å². The number of rotatable bonds is 6. The summed E-state index contributed by atoms with van der Waals surface area (Å²) in [5.41, 5.74) is 7.10. The Labute approximate surface area is 163 Å². The highest BCUT2D eigenvalue weighted by atomic mass is 16.5. The fourth-order valence-electron chi connectivity index (χ4n) is 2.94. The van der Waals surface area contributed by atoms with Crippen molar-refractivity contribution in [2.75, 3.05) is 13.2 Å². The van der Waals surface area contributed by atoms with Crippen LogP contribution in [0.25, 0.3) is 0 Å². The summed E-state index contributed by atoms with van der Waals surface area (Å²) in [6.45, 7) is 3.06. The highest BCUT2D eigenvalue weighted by molar-refractivity contribution is 5.95. The number of aryl methyl sites for hydroxylation is 1. The van der Waals surface area contributed by atoms with Gasteiger partial charge in [0.2, 0.25) is 5.91 Å². The highest BCUT2D eigenvalue weighted by Crippen LogP contribution is 2.15. The molecule has 1 saturated heterocycles. The molecule has 1 heterocycles. The molecule has 1 aliphatic heterocycles. The molecule has 0 saturated carbocycles. The van der Waals surface area contributed by atoms with Crippen LogP contribution < -0.4 is 15.6 Å². The maximum atomic E-state index is 12.1. The van der Waals surface area contributed by atoms with Gasteiger partial charge in [0, 0.05) is 25.1 Å². The molecule has 0 aliphatic carbocycles. The molecule has 146 valence electrons. The Morgan fingerprint density at radius 1 is 1.11 bits per heavy atom. The van der Waals surface area contributed by atoms with Gasteiger partial charge >= 0.3 is 0 Å². The molecule has 3 rings (SSSR count). The summed E-state index contributed by atoms with van der Waals surface area (Å²) in [7, 11) is 0. The van der Waals surface area contributed by atoms with Gasteiger partial charge < -0.3 is 9.64 Å². The van der Waals surface area contributed by atoms with E-state index in [9.17, 15) is 14.4 Å². The topological polar surface area (TPSA) is 87.7 Å². The summed E-state index contributed by atoms with van der Waals surface area (Å²) >= 11 is 0. The molecular formula is C21H23N3O4. The SMILES string of the molecule is Cc1cccc(OCC(=O)NNC(=O)c2ccc(CN3CCCC3=O)cc2)c1. The first-order valence-corrected chi connectivity index (χ1v) is 9.16. The standard InChI is InChI=1S/C21H23N3O4/c1-15-4-2-5-18(12-15)28-14-19(25)22-23-21(27)17-9-7-16(8-10-17)13-24-11-3-6-20(24)26/h2,4-5,7-10,12H,3,6,11,13-14H2,1H3,(H,22,25)(H,23,27). The van der Waals surface area contributed by atoms with Crippen LogP contribution in [0, 0.1) is 6.92 Å². The Morgan fingerprint density at radius 2 is 1.89 bits per heavy atom. The fraction of sp³-hybridized carbons (Fsp3) is 0.286. The maximum Gasteiger partial charge on any atom is 0.276 e. The van der Waals surface area contributed by atoms with Gasteiger partial charge in [-0.25, -0.2) is 0 Å². The van der Waals surface area contributed by atoms with E-state index < -0.39 is 11.8 Å². The molecule has 0 radical (unpaired) electrons. The van der Waals surface area contributed by atoms with E-state index in [0.717, 1.165) is 24.1 Å². The van der Waals surface area contributed by atoms with E-state index >= 15 is 0 Å². The van der Waals surface area contributed by atoms with Crippen molar-refractivity contribution in [2.45, 2.75) is 26.3 Å². The first-order valence-electron chi connectivity index (χ1n) is 9.16. The molecule has 0 bridgehead atoms. The number of hydrogen-bond acceptors (Lipinski definition) is 4. The van der Waals surface area contributed by atoms with Crippen LogP contribution in [0.1, 0.15) is 34.3 Å². The first kappa shape index (κ1) is 19.4. The predicted molar refractivity (Wildman–Crippen MR) is 103 cm³/mol. The van der Waals surface area contributed by atoms with Gasteiger partial charge in [-0.3, -0.25) is 25.2 Å². The summed E-state index contributed by atoms with van der Waals surface area (Å²) in [5, 5.41) is 0. The summed E-state index contributed by atoms with van der Waals surface area (Å²) in [5.74, 6) is -0.127. The second-order valence-electron chi connectivity index (χ2n) is 6.72. The van der Waals surface area contributed by atoms with Crippen molar-refractivity contribution in [1.82, 2.24) is 15.8 Å². The lowest BCUT2D eigenvalue weighted by molar-refractivity contribution is -0.128. The van der Waals surface area contributed by atoms with Gasteiger partial charge in [-0.15, -0.1) is 0 Å². The Hall–Kier alpha value is -3.35. The average Bonchev–Trinajstić information content (AvgIpc) is 3.09. The van der Waals surface area contributed by atoms with Crippen molar-refractivity contribution in [2.24, 2.45) is 0 Å². The molecule has 3 amide bonds. The Bertz CT molecular complexity index is 864. The van der Waals surface area contributed by atoms with Gasteiger partial charge in [-0.2, -0.15) is 0 Å². The highest BCUT2D eigenvalue weighted by Gasteiger charge is 2.20. The van der Waals surface area contributed by atoms with E-state index in [4.69, 9.17) is 4.74 Å². The van der Waals surface area contributed by atoms with E-state index in [1.54, 1.807) is 18.2 Å². The summed E-state index contributed by atoms with van der Waals surface area (Å²) in [4.78, 5) is 37.5. The number of nitrogens with one attached hydrogen (secondary N) is 2. The monoisotopic (exact) mass is 381 g/mol. The minimum absolute atomic E-state index is 0.164. The van der Waals surface area contributed by atoms with Crippen molar-refractivity contribution < 1.29 is 19.1 Å². The van der Waals surface area contributed by atoms with Crippen molar-refractivity contribution in [3.8, 4) is 5.75 Å². The molecule has 1 fully saturated rings. The molecule has 1 aliphatic rings. The first-order chi connectivity index (χ1) is 13.5. The van der Waals surface area contributed by atoms with Crippen LogP contribution in [-0.2, 0) is 16.1 Å². The Balaban J connectivity index is 1.43. The molecule has 2 aromatic rings. The molecule has 0 atom stereocenters. The zero-order valence-corrected chi connectivity index (χ0v) is 15.7. The quantitative estimate of drug-likeness (QED) is 0.749. The van der Waals surface area contributed by atoms with E-state index in [1.807, 2.05) is 42.2 Å². The number of likely N-dealkylation sites (tertiary alicyclic amines) is 1. The molecule has 0 aromatic heterocycles. The van der Waals surface area contributed by atoms with Crippen LogP contribution in [0.4, 0.5) is 0 Å². The summed E-state index contributed by atoms with van der Waals surface area (Å²) in [6, 6.07) is 14.3. The molecule has 0 spiro atoms. The van der Waals surface area contributed by atoms with Gasteiger partial charge in [-0.1, -0.05) is 24.3 Å². The number of carbonyl (C=O) groups is 3. The van der Waals surface area contributed by atoms with Crippen molar-refractivity contribution in [3.63, 3.8) is 0 Å². The summed E-state index contributed by atoms with van der Waals surface area (Å²) in [6.07, 6.45) is 1.50. The molecule has 0 unspecified atom stereocenters. The minimum Gasteiger partial charge on any atom is -0.484 e. The maximum absolute atomic E-state index is 12.1. The number of ether oxygens (including phenoxy) is 1. The van der Waals surface area contributed by atoms with Crippen LogP contribution in [0.2, 0.25) is 0 Å². The van der Waals surface area contributed by atoms with Gasteiger partial charge in [-0.05, 0) is 48.7 Å². The second kappa shape index (κ2) is 9.03. The average molecular weight is 381 g/mol. The van der Waals surface area contributed by atoms with E-state index in [-0.39, 0.29) is 12.5 Å². The lowest BCUT2D eigenvalue weighted by atomic mass is 10.1. The van der Waals surface area contributed by atoms with Crippen molar-refractivity contribution >= 4 is 17.7 Å². The number of carbonyl (C=O) groups excluding carboxylic acids is 3. The van der Waals surface area contributed by atoms with E-state index in [0.29, 0.717) is 24.3 Å². The fourth-order valence-corrected chi connectivity index (χ4v) is 2.94. The minimum atomic E-state index is -0.459. The third-order valence-corrected chi connectivity index (χ3v) is 4.44. The Morgan fingerprint density at radius 3 is 2.57 bits per heavy atom. The van der Waals surface area contributed by atoms with Gasteiger partial charge in [0.05, 0.1) is 0 Å². The van der Waals surface area contributed by atoms with E-state index in [2.05, 4.69) is 10.9 Å². The largest absolute Gasteiger partial charge is 0.484 e. The normalized spacial score (nSPS) is 13.3. The number of amides is 3. The third kappa shape index (κ3) is 5.33. The third-order valence-electron chi connectivity index (χ3n) is 4.44. The van der Waals surface area contributed by atoms with Crippen LogP contribution in [0.5, 0.6) is 5.75 Å². The Kier molecular flexibility index (Phi) is 6.26. The van der Waals surface area contributed by atoms with Crippen LogP contribution in [0.3, 0.4) is 0 Å². The zero-order valence-electron chi connectivity index (χ0n) is 15.7. The van der Waals surface area contributed by atoms with Crippen molar-refractivity contribution in [3.05, 3.63) is 65.2 Å². The molecule has 2 aromatic carbocycles. The molecule has 28 heavy (non-hydrogen) atoms. The van der Waals surface area contributed by atoms with Crippen LogP contribution in [-0.4, -0.2) is 35.8 Å². The number of nitrogens with zero attached hydrogens (tertiary/aromatic N) is 1. The second-order valence-corrected chi connectivity index (χ2v) is 6.72. The molecule has 7 nitrogen and oxygen atoms in total. The van der Waals surface area contributed by atoms with Crippen molar-refractivity contribution in [1.29, 1.82) is 0 Å². The molecule has 7 heteroatoms. The van der Waals surface area contributed by atoms with E-state index in [1.165, 1.54) is 0 Å². The summed E-state index contributed by atoms with van der Waals surface area (Å²) < 4.78 is 5.38. The van der Waals surface area contributed by atoms with Crippen LogP contribution in [0.15, 0.2) is 48.5 Å². The number of benzene rings is 2. The lowest BCUT2D eigenvalue weighted by Gasteiger charge is -2.15. The predicted octanol–water partition coefficient (Wildman–Crippen LogP) is 1.96. The lowest BCUT2D eigenvalue weighted by Crippen LogP contribution is -2.43. The smallest absolute Gasteiger partial charge is 0.276 e. The number of hydrogen-bond donors (Lipinski definition) is 2. The molecule has 2 N–H and O–H groups in total. The zero-order chi connectivity index (χ0) is 19.9. The van der Waals surface area contributed by atoms with Gasteiger partial charge in [0.1, 0.15) is 5.75 Å². The number of hydrazine groups is 1. The molecular weight excluding hydrogens is 358 g/mol. The van der Waals surface area contributed by atoms with Crippen LogP contribution >= 0.6 is 0 Å². The van der Waals surface area contributed by atoms with Gasteiger partial charge in [0.25, 0.3) is 11.8 Å².